The number of hydrogen-bond acceptors (Lipinski definition) is 1. The first kappa shape index (κ1) is 11.7. The molecule has 1 heterocycles. The van der Waals surface area contributed by atoms with Crippen molar-refractivity contribution in [2.75, 3.05) is 0 Å². The van der Waals surface area contributed by atoms with Crippen LogP contribution in [0.1, 0.15) is 16.7 Å². The molecule has 0 spiro atoms. The first-order chi connectivity index (χ1) is 7.66. The van der Waals surface area contributed by atoms with Gasteiger partial charge >= 0.3 is 0 Å². The summed E-state index contributed by atoms with van der Waals surface area (Å²) < 4.78 is 19.3. The second-order valence-electron chi connectivity index (χ2n) is 3.40. The normalized spacial score (nSPS) is 12.7. The Labute approximate surface area is 106 Å². The zero-order valence-corrected chi connectivity index (χ0v) is 10.6. The van der Waals surface area contributed by atoms with Crippen molar-refractivity contribution in [1.29, 1.82) is 0 Å². The maximum absolute atomic E-state index is 13.4. The summed E-state index contributed by atoms with van der Waals surface area (Å²) in [5, 5.41) is -0.358. The molecular formula is C12H9BrClFO. The van der Waals surface area contributed by atoms with Crippen LogP contribution in [0.15, 0.2) is 45.5 Å². The molecule has 1 aromatic heterocycles. The molecule has 1 atom stereocenters. The maximum atomic E-state index is 13.4. The monoisotopic (exact) mass is 302 g/mol. The van der Waals surface area contributed by atoms with Crippen LogP contribution in [0.2, 0.25) is 0 Å². The van der Waals surface area contributed by atoms with Gasteiger partial charge in [-0.25, -0.2) is 4.39 Å². The summed E-state index contributed by atoms with van der Waals surface area (Å²) in [6.45, 7) is 0. The molecule has 0 aliphatic rings. The lowest BCUT2D eigenvalue weighted by Crippen LogP contribution is -1.97. The van der Waals surface area contributed by atoms with Gasteiger partial charge in [0.1, 0.15) is 11.6 Å². The number of halogens is 3. The zero-order valence-electron chi connectivity index (χ0n) is 8.29. The summed E-state index contributed by atoms with van der Waals surface area (Å²) >= 11 is 9.35. The summed E-state index contributed by atoms with van der Waals surface area (Å²) in [6, 6.07) is 10.2. The summed E-state index contributed by atoms with van der Waals surface area (Å²) in [5.74, 6) is 0.399. The van der Waals surface area contributed by atoms with Gasteiger partial charge in [-0.1, -0.05) is 18.2 Å². The van der Waals surface area contributed by atoms with E-state index in [2.05, 4.69) is 15.9 Å². The lowest BCUT2D eigenvalue weighted by molar-refractivity contribution is 0.479. The van der Waals surface area contributed by atoms with E-state index in [0.29, 0.717) is 22.4 Å². The molecule has 84 valence electrons. The third kappa shape index (κ3) is 2.66. The smallest absolute Gasteiger partial charge is 0.169 e. The van der Waals surface area contributed by atoms with Crippen LogP contribution < -0.4 is 0 Å². The van der Waals surface area contributed by atoms with Crippen molar-refractivity contribution in [2.45, 2.75) is 11.8 Å². The summed E-state index contributed by atoms with van der Waals surface area (Å²) in [7, 11) is 0. The summed E-state index contributed by atoms with van der Waals surface area (Å²) in [5.41, 5.74) is 0.593. The Hall–Kier alpha value is -0.800. The predicted octanol–water partition coefficient (Wildman–Crippen LogP) is 4.70. The summed E-state index contributed by atoms with van der Waals surface area (Å²) in [4.78, 5) is 0. The average Bonchev–Trinajstić information content (AvgIpc) is 2.68. The molecule has 2 aromatic rings. The fraction of sp³-hybridized carbons (Fsp3) is 0.167. The molecule has 0 N–H and O–H groups in total. The molecule has 0 amide bonds. The molecule has 16 heavy (non-hydrogen) atoms. The van der Waals surface area contributed by atoms with Crippen molar-refractivity contribution >= 4 is 27.5 Å². The van der Waals surface area contributed by atoms with Crippen LogP contribution in [0.4, 0.5) is 4.39 Å². The summed E-state index contributed by atoms with van der Waals surface area (Å²) in [6.07, 6.45) is 0.411. The Bertz CT molecular complexity index is 483. The van der Waals surface area contributed by atoms with Gasteiger partial charge in [0.2, 0.25) is 0 Å². The van der Waals surface area contributed by atoms with Gasteiger partial charge in [0, 0.05) is 0 Å². The molecule has 0 saturated carbocycles. The van der Waals surface area contributed by atoms with Crippen molar-refractivity contribution in [1.82, 2.24) is 0 Å². The molecule has 0 aliphatic carbocycles. The average molecular weight is 304 g/mol. The Kier molecular flexibility index (Phi) is 3.66. The number of rotatable bonds is 3. The van der Waals surface area contributed by atoms with E-state index in [1.165, 1.54) is 6.07 Å². The van der Waals surface area contributed by atoms with E-state index in [1.54, 1.807) is 30.3 Å². The zero-order chi connectivity index (χ0) is 11.5. The topological polar surface area (TPSA) is 13.1 Å². The minimum Gasteiger partial charge on any atom is -0.453 e. The molecule has 2 rings (SSSR count). The Morgan fingerprint density at radius 2 is 2.00 bits per heavy atom. The van der Waals surface area contributed by atoms with Gasteiger partial charge in [-0.05, 0) is 46.1 Å². The molecule has 0 saturated heterocycles. The van der Waals surface area contributed by atoms with Crippen LogP contribution in [0, 0.1) is 5.82 Å². The number of furan rings is 1. The highest BCUT2D eigenvalue weighted by atomic mass is 79.9. The van der Waals surface area contributed by atoms with Gasteiger partial charge in [-0.15, -0.1) is 11.6 Å². The van der Waals surface area contributed by atoms with E-state index in [-0.39, 0.29) is 11.2 Å². The molecule has 0 aliphatic heterocycles. The molecule has 1 nitrogen and oxygen atoms in total. The van der Waals surface area contributed by atoms with Gasteiger partial charge in [0.25, 0.3) is 0 Å². The maximum Gasteiger partial charge on any atom is 0.169 e. The minimum absolute atomic E-state index is 0.237. The molecule has 0 fully saturated rings. The lowest BCUT2D eigenvalue weighted by atomic mass is 10.1. The van der Waals surface area contributed by atoms with E-state index < -0.39 is 0 Å². The van der Waals surface area contributed by atoms with Gasteiger partial charge in [-0.3, -0.25) is 0 Å². The molecule has 1 aromatic carbocycles. The highest BCUT2D eigenvalue weighted by Crippen LogP contribution is 2.29. The lowest BCUT2D eigenvalue weighted by Gasteiger charge is -2.07. The van der Waals surface area contributed by atoms with Gasteiger partial charge in [0.05, 0.1) is 5.38 Å². The molecular weight excluding hydrogens is 294 g/mol. The van der Waals surface area contributed by atoms with Crippen molar-refractivity contribution < 1.29 is 8.81 Å². The SMILES string of the molecule is Fc1ccccc1CC(Cl)c1ccc(Br)o1. The van der Waals surface area contributed by atoms with E-state index in [4.69, 9.17) is 16.0 Å². The number of benzene rings is 1. The highest BCUT2D eigenvalue weighted by molar-refractivity contribution is 9.10. The number of alkyl halides is 1. The van der Waals surface area contributed by atoms with E-state index in [1.807, 2.05) is 0 Å². The fourth-order valence-corrected chi connectivity index (χ4v) is 2.06. The largest absolute Gasteiger partial charge is 0.453 e. The van der Waals surface area contributed by atoms with Gasteiger partial charge in [-0.2, -0.15) is 0 Å². The van der Waals surface area contributed by atoms with E-state index >= 15 is 0 Å². The molecule has 1 unspecified atom stereocenters. The molecule has 4 heteroatoms. The Morgan fingerprint density at radius 3 is 2.62 bits per heavy atom. The standard InChI is InChI=1S/C12H9BrClFO/c13-12-6-5-11(16-12)9(14)7-8-3-1-2-4-10(8)15/h1-6,9H,7H2. The van der Waals surface area contributed by atoms with Crippen molar-refractivity contribution in [3.8, 4) is 0 Å². The molecule has 0 radical (unpaired) electrons. The van der Waals surface area contributed by atoms with Crippen LogP contribution in [-0.2, 0) is 6.42 Å². The third-order valence-electron chi connectivity index (χ3n) is 2.26. The van der Waals surface area contributed by atoms with Gasteiger partial charge < -0.3 is 4.42 Å². The third-order valence-corrected chi connectivity index (χ3v) is 3.06. The fourth-order valence-electron chi connectivity index (χ4n) is 1.45. The van der Waals surface area contributed by atoms with Crippen LogP contribution in [0.3, 0.4) is 0 Å². The highest BCUT2D eigenvalue weighted by Gasteiger charge is 2.14. The van der Waals surface area contributed by atoms with Crippen molar-refractivity contribution in [3.63, 3.8) is 0 Å². The van der Waals surface area contributed by atoms with Gasteiger partial charge in [0.15, 0.2) is 4.67 Å². The first-order valence-corrected chi connectivity index (χ1v) is 6.02. The van der Waals surface area contributed by atoms with Crippen LogP contribution in [0.25, 0.3) is 0 Å². The number of hydrogen-bond donors (Lipinski definition) is 0. The molecule has 0 bridgehead atoms. The quantitative estimate of drug-likeness (QED) is 0.749. The van der Waals surface area contributed by atoms with E-state index in [0.717, 1.165) is 0 Å². The second-order valence-corrected chi connectivity index (χ2v) is 4.71. The van der Waals surface area contributed by atoms with Crippen molar-refractivity contribution in [3.05, 3.63) is 58.2 Å². The predicted molar refractivity (Wildman–Crippen MR) is 65.1 cm³/mol. The minimum atomic E-state index is -0.358. The Balaban J connectivity index is 2.13. The van der Waals surface area contributed by atoms with Crippen molar-refractivity contribution in [2.24, 2.45) is 0 Å². The van der Waals surface area contributed by atoms with Crippen LogP contribution >= 0.6 is 27.5 Å². The first-order valence-electron chi connectivity index (χ1n) is 4.79. The van der Waals surface area contributed by atoms with Crippen LogP contribution in [-0.4, -0.2) is 0 Å². The second kappa shape index (κ2) is 5.02. The van der Waals surface area contributed by atoms with E-state index in [9.17, 15) is 4.39 Å². The van der Waals surface area contributed by atoms with Crippen LogP contribution in [0.5, 0.6) is 0 Å². The Morgan fingerprint density at radius 1 is 1.25 bits per heavy atom.